The molecule has 2 aromatic carbocycles. The maximum Gasteiger partial charge on any atom is 0.416 e. The number of rotatable bonds is 9. The Kier molecular flexibility index (Phi) is 9.37. The number of amides is 2. The molecule has 0 bridgehead atoms. The lowest BCUT2D eigenvalue weighted by Crippen LogP contribution is -2.45. The Hall–Kier alpha value is -2.81. The number of halogens is 3. The highest BCUT2D eigenvalue weighted by Gasteiger charge is 2.36. The molecule has 3 rings (SSSR count). The Morgan fingerprint density at radius 3 is 2.57 bits per heavy atom. The number of hydrogen-bond acceptors (Lipinski definition) is 4. The third-order valence-corrected chi connectivity index (χ3v) is 6.79. The van der Waals surface area contributed by atoms with Gasteiger partial charge in [0.1, 0.15) is 5.25 Å². The molecule has 9 heteroatoms. The number of benzene rings is 2. The van der Waals surface area contributed by atoms with E-state index in [-0.39, 0.29) is 29.1 Å². The molecule has 1 aliphatic heterocycles. The maximum atomic E-state index is 13.2. The molecule has 1 N–H and O–H groups in total. The van der Waals surface area contributed by atoms with Crippen molar-refractivity contribution in [3.8, 4) is 0 Å². The molecule has 1 aliphatic rings. The lowest BCUT2D eigenvalue weighted by Gasteiger charge is -2.32. The quantitative estimate of drug-likeness (QED) is 0.375. The number of anilines is 1. The number of aryl methyl sites for hydroxylation is 1. The molecule has 1 saturated heterocycles. The van der Waals surface area contributed by atoms with Gasteiger partial charge in [0, 0.05) is 18.7 Å². The minimum absolute atomic E-state index is 0.00110. The van der Waals surface area contributed by atoms with Gasteiger partial charge in [-0.1, -0.05) is 62.6 Å². The Balaban J connectivity index is 1.82. The summed E-state index contributed by atoms with van der Waals surface area (Å²) in [6.45, 7) is 4.44. The summed E-state index contributed by atoms with van der Waals surface area (Å²) in [6, 6.07) is 12.0. The van der Waals surface area contributed by atoms with Crippen molar-refractivity contribution in [3.05, 3.63) is 59.7 Å². The maximum absolute atomic E-state index is 13.2. The number of amidine groups is 1. The topological polar surface area (TPSA) is 61.8 Å². The predicted octanol–water partition coefficient (Wildman–Crippen LogP) is 6.94. The fourth-order valence-corrected chi connectivity index (χ4v) is 4.87. The van der Waals surface area contributed by atoms with Crippen molar-refractivity contribution in [3.63, 3.8) is 0 Å². The van der Waals surface area contributed by atoms with Gasteiger partial charge in [-0.25, -0.2) is 4.99 Å². The summed E-state index contributed by atoms with van der Waals surface area (Å²) in [5.74, 6) is -0.595. The van der Waals surface area contributed by atoms with Gasteiger partial charge in [-0.05, 0) is 49.2 Å². The lowest BCUT2D eigenvalue weighted by molar-refractivity contribution is -0.137. The predicted molar refractivity (Wildman–Crippen MR) is 135 cm³/mol. The average Bonchev–Trinajstić information content (AvgIpc) is 2.80. The Morgan fingerprint density at radius 1 is 1.11 bits per heavy atom. The van der Waals surface area contributed by atoms with Crippen molar-refractivity contribution in [1.82, 2.24) is 4.90 Å². The van der Waals surface area contributed by atoms with Gasteiger partial charge in [-0.2, -0.15) is 13.2 Å². The first-order chi connectivity index (χ1) is 16.7. The molecule has 2 amide bonds. The first-order valence-corrected chi connectivity index (χ1v) is 12.7. The van der Waals surface area contributed by atoms with Crippen LogP contribution < -0.4 is 5.32 Å². The van der Waals surface area contributed by atoms with E-state index >= 15 is 0 Å². The minimum atomic E-state index is -4.50. The summed E-state index contributed by atoms with van der Waals surface area (Å²) in [4.78, 5) is 31.9. The number of nitrogens with zero attached hydrogens (tertiary/aromatic N) is 2. The van der Waals surface area contributed by atoms with Gasteiger partial charge in [0.05, 0.1) is 11.3 Å². The summed E-state index contributed by atoms with van der Waals surface area (Å²) in [7, 11) is 0. The molecule has 0 radical (unpaired) electrons. The standard InChI is InChI=1S/C26H30F3N3O2S/c1-3-4-5-6-7-14-32-23(33)17-22(24(34)30-20-12-8-10-18(2)15-20)35-25(32)31-21-13-9-11-19(16-21)26(27,28)29/h8-13,15-16,22H,3-7,14,17H2,1-2H3,(H,30,34). The molecule has 1 unspecified atom stereocenters. The second-order valence-electron chi connectivity index (χ2n) is 8.57. The number of aliphatic imine (C=N–C) groups is 1. The van der Waals surface area contributed by atoms with Crippen molar-refractivity contribution >= 4 is 40.1 Å². The molecule has 0 saturated carbocycles. The van der Waals surface area contributed by atoms with Gasteiger partial charge in [0.2, 0.25) is 11.8 Å². The van der Waals surface area contributed by atoms with Crippen LogP contribution in [0.3, 0.4) is 0 Å². The van der Waals surface area contributed by atoms with Crippen LogP contribution in [0.1, 0.15) is 56.6 Å². The van der Waals surface area contributed by atoms with E-state index in [0.717, 1.165) is 61.6 Å². The number of thioether (sulfide) groups is 1. The zero-order valence-corrected chi connectivity index (χ0v) is 20.7. The summed E-state index contributed by atoms with van der Waals surface area (Å²) >= 11 is 1.11. The first-order valence-electron chi connectivity index (χ1n) is 11.8. The zero-order chi connectivity index (χ0) is 25.4. The van der Waals surface area contributed by atoms with Crippen LogP contribution in [0.2, 0.25) is 0 Å². The van der Waals surface area contributed by atoms with E-state index in [1.807, 2.05) is 25.1 Å². The third-order valence-electron chi connectivity index (χ3n) is 5.60. The highest BCUT2D eigenvalue weighted by Crippen LogP contribution is 2.34. The van der Waals surface area contributed by atoms with Gasteiger partial charge in [-0.15, -0.1) is 0 Å². The number of unbranched alkanes of at least 4 members (excludes halogenated alkanes) is 4. The van der Waals surface area contributed by atoms with Gasteiger partial charge in [0.15, 0.2) is 5.17 Å². The highest BCUT2D eigenvalue weighted by atomic mass is 32.2. The molecular formula is C26H30F3N3O2S. The molecule has 188 valence electrons. The molecule has 1 fully saturated rings. The molecular weight excluding hydrogens is 475 g/mol. The second kappa shape index (κ2) is 12.2. The lowest BCUT2D eigenvalue weighted by atomic mass is 10.1. The second-order valence-corrected chi connectivity index (χ2v) is 9.74. The Labute approximate surface area is 208 Å². The van der Waals surface area contributed by atoms with Crippen LogP contribution in [0.25, 0.3) is 0 Å². The van der Waals surface area contributed by atoms with Crippen LogP contribution in [0.5, 0.6) is 0 Å². The summed E-state index contributed by atoms with van der Waals surface area (Å²) in [6.07, 6.45) is 0.450. The smallest absolute Gasteiger partial charge is 0.325 e. The van der Waals surface area contributed by atoms with E-state index in [2.05, 4.69) is 17.2 Å². The van der Waals surface area contributed by atoms with Crippen molar-refractivity contribution in [1.29, 1.82) is 0 Å². The Bertz CT molecular complexity index is 1070. The molecule has 35 heavy (non-hydrogen) atoms. The summed E-state index contributed by atoms with van der Waals surface area (Å²) in [5, 5.41) is 2.35. The monoisotopic (exact) mass is 505 g/mol. The fraction of sp³-hybridized carbons (Fsp3) is 0.423. The van der Waals surface area contributed by atoms with Crippen LogP contribution in [0.15, 0.2) is 53.5 Å². The zero-order valence-electron chi connectivity index (χ0n) is 19.9. The average molecular weight is 506 g/mol. The number of hydrogen-bond donors (Lipinski definition) is 1. The van der Waals surface area contributed by atoms with Crippen LogP contribution >= 0.6 is 11.8 Å². The van der Waals surface area contributed by atoms with Gasteiger partial charge in [-0.3, -0.25) is 14.5 Å². The van der Waals surface area contributed by atoms with Crippen molar-refractivity contribution < 1.29 is 22.8 Å². The summed E-state index contributed by atoms with van der Waals surface area (Å²) < 4.78 is 39.6. The molecule has 5 nitrogen and oxygen atoms in total. The summed E-state index contributed by atoms with van der Waals surface area (Å²) in [5.41, 5.74) is 0.881. The van der Waals surface area contributed by atoms with Gasteiger partial charge < -0.3 is 5.32 Å². The van der Waals surface area contributed by atoms with Crippen molar-refractivity contribution in [2.75, 3.05) is 11.9 Å². The van der Waals surface area contributed by atoms with Gasteiger partial charge in [0.25, 0.3) is 0 Å². The molecule has 0 aromatic heterocycles. The van der Waals surface area contributed by atoms with E-state index in [1.165, 1.54) is 17.0 Å². The molecule has 2 aromatic rings. The normalized spacial score (nSPS) is 17.6. The van der Waals surface area contributed by atoms with E-state index in [1.54, 1.807) is 6.07 Å². The van der Waals surface area contributed by atoms with Crippen LogP contribution in [0, 0.1) is 6.92 Å². The fourth-order valence-electron chi connectivity index (χ4n) is 3.74. The minimum Gasteiger partial charge on any atom is -0.325 e. The molecule has 0 spiro atoms. The van der Waals surface area contributed by atoms with Crippen LogP contribution in [-0.4, -0.2) is 33.7 Å². The first kappa shape index (κ1) is 26.8. The molecule has 1 heterocycles. The van der Waals surface area contributed by atoms with Crippen LogP contribution in [0.4, 0.5) is 24.5 Å². The molecule has 0 aliphatic carbocycles. The molecule has 1 atom stereocenters. The third kappa shape index (κ3) is 7.85. The number of carbonyl (C=O) groups is 2. The van der Waals surface area contributed by atoms with E-state index in [0.29, 0.717) is 12.2 Å². The Morgan fingerprint density at radius 2 is 1.86 bits per heavy atom. The highest BCUT2D eigenvalue weighted by molar-refractivity contribution is 8.15. The van der Waals surface area contributed by atoms with E-state index in [9.17, 15) is 22.8 Å². The van der Waals surface area contributed by atoms with Crippen molar-refractivity contribution in [2.24, 2.45) is 4.99 Å². The SMILES string of the molecule is CCCCCCCN1C(=O)CC(C(=O)Nc2cccc(C)c2)SC1=Nc1cccc(C(F)(F)F)c1. The van der Waals surface area contributed by atoms with Gasteiger partial charge >= 0.3 is 6.18 Å². The van der Waals surface area contributed by atoms with Crippen molar-refractivity contribution in [2.45, 2.75) is 63.8 Å². The number of nitrogens with one attached hydrogen (secondary N) is 1. The van der Waals surface area contributed by atoms with E-state index < -0.39 is 17.0 Å². The number of carbonyl (C=O) groups excluding carboxylic acids is 2. The largest absolute Gasteiger partial charge is 0.416 e. The number of alkyl halides is 3. The van der Waals surface area contributed by atoms with E-state index in [4.69, 9.17) is 0 Å². The van der Waals surface area contributed by atoms with Crippen LogP contribution in [-0.2, 0) is 15.8 Å².